The normalized spacial score (nSPS) is 41.0. The van der Waals surface area contributed by atoms with Crippen LogP contribution >= 0.6 is 0 Å². The summed E-state index contributed by atoms with van der Waals surface area (Å²) in [6.45, 7) is 8.80. The molecule has 0 heterocycles. The van der Waals surface area contributed by atoms with E-state index < -0.39 is 0 Å². The van der Waals surface area contributed by atoms with Gasteiger partial charge in [0.2, 0.25) is 0 Å². The Morgan fingerprint density at radius 1 is 1.33 bits per heavy atom. The Bertz CT molecular complexity index is 226. The second-order valence-corrected chi connectivity index (χ2v) is 4.60. The molecule has 0 saturated heterocycles. The van der Waals surface area contributed by atoms with Crippen molar-refractivity contribution >= 4 is 0 Å². The van der Waals surface area contributed by atoms with Crippen molar-refractivity contribution in [1.82, 2.24) is 0 Å². The fourth-order valence-electron chi connectivity index (χ4n) is 2.55. The average molecular weight is 162 g/mol. The van der Waals surface area contributed by atoms with Crippen LogP contribution in [0.15, 0.2) is 23.8 Å². The molecule has 1 saturated carbocycles. The van der Waals surface area contributed by atoms with E-state index in [4.69, 9.17) is 0 Å². The van der Waals surface area contributed by atoms with Crippen LogP contribution in [0, 0.1) is 17.8 Å². The smallest absolute Gasteiger partial charge is 0.00490 e. The minimum Gasteiger partial charge on any atom is -0.0990 e. The molecular weight excluding hydrogens is 144 g/mol. The van der Waals surface area contributed by atoms with Crippen LogP contribution < -0.4 is 0 Å². The van der Waals surface area contributed by atoms with Crippen molar-refractivity contribution in [2.75, 3.05) is 0 Å². The van der Waals surface area contributed by atoms with E-state index in [1.807, 2.05) is 0 Å². The fraction of sp³-hybridized carbons (Fsp3) is 0.667. The van der Waals surface area contributed by atoms with Crippen molar-refractivity contribution in [2.24, 2.45) is 17.8 Å². The van der Waals surface area contributed by atoms with Crippen molar-refractivity contribution in [3.05, 3.63) is 23.8 Å². The van der Waals surface area contributed by atoms with E-state index in [9.17, 15) is 0 Å². The zero-order valence-electron chi connectivity index (χ0n) is 8.14. The molecule has 12 heavy (non-hydrogen) atoms. The first-order valence-corrected chi connectivity index (χ1v) is 5.05. The number of hydrogen-bond acceptors (Lipinski definition) is 0. The van der Waals surface area contributed by atoms with Crippen LogP contribution in [0.5, 0.6) is 0 Å². The van der Waals surface area contributed by atoms with Crippen molar-refractivity contribution < 1.29 is 0 Å². The molecule has 66 valence electrons. The Morgan fingerprint density at radius 2 is 2.00 bits per heavy atom. The van der Waals surface area contributed by atoms with Crippen LogP contribution in [0.25, 0.3) is 0 Å². The fourth-order valence-corrected chi connectivity index (χ4v) is 2.55. The maximum Gasteiger partial charge on any atom is -0.00490 e. The molecule has 0 aromatic rings. The van der Waals surface area contributed by atoms with E-state index in [0.717, 1.165) is 11.8 Å². The third-order valence-electron chi connectivity index (χ3n) is 3.49. The first-order chi connectivity index (χ1) is 5.66. The summed E-state index contributed by atoms with van der Waals surface area (Å²) in [6.07, 6.45) is 6.57. The van der Waals surface area contributed by atoms with Gasteiger partial charge < -0.3 is 0 Å². The first-order valence-electron chi connectivity index (χ1n) is 5.05. The largest absolute Gasteiger partial charge is 0.0990 e. The van der Waals surface area contributed by atoms with Crippen molar-refractivity contribution in [3.8, 4) is 0 Å². The molecule has 1 fully saturated rings. The number of allylic oxidation sites excluding steroid dienone is 3. The van der Waals surface area contributed by atoms with Crippen LogP contribution in [0.3, 0.4) is 0 Å². The number of hydrogen-bond donors (Lipinski definition) is 0. The molecule has 3 aliphatic carbocycles. The van der Waals surface area contributed by atoms with E-state index in [1.165, 1.54) is 24.8 Å². The van der Waals surface area contributed by atoms with Crippen LogP contribution in [0.2, 0.25) is 0 Å². The third-order valence-corrected chi connectivity index (χ3v) is 3.49. The average Bonchev–Trinajstić information content (AvgIpc) is 1.96. The number of rotatable bonds is 0. The molecule has 3 rings (SSSR count). The van der Waals surface area contributed by atoms with E-state index in [1.54, 1.807) is 5.57 Å². The van der Waals surface area contributed by atoms with Gasteiger partial charge in [0.15, 0.2) is 0 Å². The molecule has 0 aromatic heterocycles. The highest BCUT2D eigenvalue weighted by Crippen LogP contribution is 2.43. The maximum absolute atomic E-state index is 4.19. The molecule has 2 bridgehead atoms. The first kappa shape index (κ1) is 8.10. The maximum atomic E-state index is 4.19. The predicted octanol–water partition coefficient (Wildman–Crippen LogP) is 3.55. The van der Waals surface area contributed by atoms with Gasteiger partial charge in [0.1, 0.15) is 0 Å². The van der Waals surface area contributed by atoms with Gasteiger partial charge in [-0.15, -0.1) is 0 Å². The SMILES string of the molecule is C=C1C(C)C=C2CC(C2)CC1C. The van der Waals surface area contributed by atoms with Crippen molar-refractivity contribution in [1.29, 1.82) is 0 Å². The molecule has 2 atom stereocenters. The Morgan fingerprint density at radius 3 is 2.67 bits per heavy atom. The second-order valence-electron chi connectivity index (χ2n) is 4.60. The number of fused-ring (bicyclic) bond motifs is 4. The van der Waals surface area contributed by atoms with Crippen molar-refractivity contribution in [3.63, 3.8) is 0 Å². The van der Waals surface area contributed by atoms with Crippen molar-refractivity contribution in [2.45, 2.75) is 33.1 Å². The Kier molecular flexibility index (Phi) is 1.86. The lowest BCUT2D eigenvalue weighted by Crippen LogP contribution is -2.23. The standard InChI is InChI=1S/C12H18/c1-8-4-11-6-12(7-11)5-9(2)10(8)3/h4,8-9,12H,3,5-7H2,1-2H3. The van der Waals surface area contributed by atoms with Gasteiger partial charge in [-0.1, -0.05) is 37.6 Å². The molecule has 0 nitrogen and oxygen atoms in total. The zero-order chi connectivity index (χ0) is 8.72. The van der Waals surface area contributed by atoms with Gasteiger partial charge in [0.05, 0.1) is 0 Å². The Balaban J connectivity index is 2.20. The van der Waals surface area contributed by atoms with Gasteiger partial charge in [-0.2, -0.15) is 0 Å². The highest BCUT2D eigenvalue weighted by molar-refractivity contribution is 5.23. The summed E-state index contributed by atoms with van der Waals surface area (Å²) in [4.78, 5) is 0. The Hall–Kier alpha value is -0.520. The molecule has 0 N–H and O–H groups in total. The topological polar surface area (TPSA) is 0 Å². The summed E-state index contributed by atoms with van der Waals surface area (Å²) in [6, 6.07) is 0. The highest BCUT2D eigenvalue weighted by Gasteiger charge is 2.29. The van der Waals surface area contributed by atoms with Gasteiger partial charge in [0, 0.05) is 0 Å². The third kappa shape index (κ3) is 1.24. The summed E-state index contributed by atoms with van der Waals surface area (Å²) in [5.74, 6) is 2.34. The van der Waals surface area contributed by atoms with Gasteiger partial charge in [-0.05, 0) is 37.0 Å². The lowest BCUT2D eigenvalue weighted by Gasteiger charge is -2.36. The molecule has 0 amide bonds. The van der Waals surface area contributed by atoms with E-state index in [2.05, 4.69) is 26.5 Å². The lowest BCUT2D eigenvalue weighted by atomic mass is 9.69. The van der Waals surface area contributed by atoms with Crippen LogP contribution in [0.4, 0.5) is 0 Å². The second kappa shape index (κ2) is 2.76. The lowest BCUT2D eigenvalue weighted by molar-refractivity contribution is 0.326. The minimum absolute atomic E-state index is 0.622. The molecule has 2 unspecified atom stereocenters. The predicted molar refractivity (Wildman–Crippen MR) is 52.9 cm³/mol. The summed E-state index contributed by atoms with van der Waals surface area (Å²) in [7, 11) is 0. The van der Waals surface area contributed by atoms with Gasteiger partial charge in [-0.3, -0.25) is 0 Å². The molecule has 0 aromatic carbocycles. The quantitative estimate of drug-likeness (QED) is 0.478. The molecule has 0 radical (unpaired) electrons. The molecule has 0 aliphatic heterocycles. The van der Waals surface area contributed by atoms with Crippen LogP contribution in [-0.4, -0.2) is 0 Å². The van der Waals surface area contributed by atoms with Gasteiger partial charge in [0.25, 0.3) is 0 Å². The van der Waals surface area contributed by atoms with Crippen LogP contribution in [0.1, 0.15) is 33.1 Å². The van der Waals surface area contributed by atoms with E-state index >= 15 is 0 Å². The minimum atomic E-state index is 0.622. The van der Waals surface area contributed by atoms with Gasteiger partial charge in [-0.25, -0.2) is 0 Å². The molecule has 3 aliphatic rings. The van der Waals surface area contributed by atoms with Gasteiger partial charge >= 0.3 is 0 Å². The van der Waals surface area contributed by atoms with E-state index in [0.29, 0.717) is 5.92 Å². The summed E-state index contributed by atoms with van der Waals surface area (Å²) in [5, 5.41) is 0. The summed E-state index contributed by atoms with van der Waals surface area (Å²) >= 11 is 0. The van der Waals surface area contributed by atoms with E-state index in [-0.39, 0.29) is 0 Å². The molecule has 0 spiro atoms. The summed E-state index contributed by atoms with van der Waals surface area (Å²) in [5.41, 5.74) is 3.12. The molecule has 0 heteroatoms. The highest BCUT2D eigenvalue weighted by atomic mass is 14.3. The molecular formula is C12H18. The summed E-state index contributed by atoms with van der Waals surface area (Å²) < 4.78 is 0. The monoisotopic (exact) mass is 162 g/mol. The van der Waals surface area contributed by atoms with Crippen LogP contribution in [-0.2, 0) is 0 Å². The zero-order valence-corrected chi connectivity index (χ0v) is 8.14. The Labute approximate surface area is 75.4 Å².